The molecule has 3 aromatic rings. The van der Waals surface area contributed by atoms with Crippen molar-refractivity contribution in [1.82, 2.24) is 25.3 Å². The Hall–Kier alpha value is -4.45. The third-order valence-electron chi connectivity index (χ3n) is 7.35. The van der Waals surface area contributed by atoms with Crippen molar-refractivity contribution in [1.29, 1.82) is 0 Å². The van der Waals surface area contributed by atoms with Gasteiger partial charge in [-0.2, -0.15) is 18.3 Å². The topological polar surface area (TPSA) is 110 Å². The second-order valence-electron chi connectivity index (χ2n) is 10.9. The molecule has 46 heavy (non-hydrogen) atoms. The average Bonchev–Trinajstić information content (AvgIpc) is 3.43. The molecule has 1 aliphatic heterocycles. The zero-order valence-corrected chi connectivity index (χ0v) is 25.7. The normalized spacial score (nSPS) is 16.0. The van der Waals surface area contributed by atoms with Crippen molar-refractivity contribution >= 4 is 17.6 Å². The zero-order valence-electron chi connectivity index (χ0n) is 25.7. The van der Waals surface area contributed by atoms with E-state index in [1.54, 1.807) is 26.0 Å². The predicted octanol–water partition coefficient (Wildman–Crippen LogP) is 3.86. The lowest BCUT2D eigenvalue weighted by Crippen LogP contribution is -2.51. The van der Waals surface area contributed by atoms with Crippen LogP contribution in [0.2, 0.25) is 0 Å². The van der Waals surface area contributed by atoms with Crippen LogP contribution in [0.15, 0.2) is 42.6 Å². The fourth-order valence-electron chi connectivity index (χ4n) is 4.94. The molecule has 1 aliphatic rings. The first kappa shape index (κ1) is 34.4. The van der Waals surface area contributed by atoms with Gasteiger partial charge >= 0.3 is 6.18 Å². The fourth-order valence-corrected chi connectivity index (χ4v) is 4.94. The van der Waals surface area contributed by atoms with Gasteiger partial charge in [0.15, 0.2) is 5.82 Å². The molecule has 2 amide bonds. The van der Waals surface area contributed by atoms with Crippen molar-refractivity contribution in [2.24, 2.45) is 0 Å². The second kappa shape index (κ2) is 15.2. The van der Waals surface area contributed by atoms with Crippen molar-refractivity contribution in [3.63, 3.8) is 0 Å². The summed E-state index contributed by atoms with van der Waals surface area (Å²) in [4.78, 5) is 28.8. The van der Waals surface area contributed by atoms with Gasteiger partial charge in [-0.1, -0.05) is 18.1 Å². The van der Waals surface area contributed by atoms with Crippen LogP contribution in [0.4, 0.5) is 23.4 Å². The monoisotopic (exact) mass is 644 g/mol. The predicted molar refractivity (Wildman–Crippen MR) is 163 cm³/mol. The van der Waals surface area contributed by atoms with Crippen molar-refractivity contribution < 1.29 is 36.6 Å². The molecule has 0 radical (unpaired) electrons. The number of rotatable bonds is 12. The molecule has 3 N–H and O–H groups in total. The van der Waals surface area contributed by atoms with Crippen LogP contribution in [0.1, 0.15) is 43.5 Å². The van der Waals surface area contributed by atoms with E-state index in [4.69, 9.17) is 15.9 Å². The van der Waals surface area contributed by atoms with Crippen LogP contribution in [-0.4, -0.2) is 85.2 Å². The number of piperazine rings is 1. The lowest BCUT2D eigenvalue weighted by atomic mass is 10.0. The Bertz CT molecular complexity index is 1590. The first-order valence-corrected chi connectivity index (χ1v) is 14.5. The summed E-state index contributed by atoms with van der Waals surface area (Å²) in [7, 11) is 1.48. The van der Waals surface area contributed by atoms with Gasteiger partial charge in [-0.05, 0) is 48.7 Å². The number of carbonyl (C=O) groups excluding carboxylic acids is 2. The Balaban J connectivity index is 1.67. The number of carbonyl (C=O) groups is 2. The summed E-state index contributed by atoms with van der Waals surface area (Å²) in [5.74, 6) is 1.10. The number of hydrogen-bond acceptors (Lipinski definition) is 7. The molecule has 1 fully saturated rings. The Kier molecular flexibility index (Phi) is 11.4. The number of halogens is 4. The number of nitrogens with one attached hydrogen (secondary N) is 3. The van der Waals surface area contributed by atoms with Gasteiger partial charge in [0.05, 0.1) is 18.2 Å². The molecule has 0 unspecified atom stereocenters. The van der Waals surface area contributed by atoms with Crippen LogP contribution in [0.5, 0.6) is 5.75 Å². The van der Waals surface area contributed by atoms with E-state index in [0.29, 0.717) is 47.6 Å². The van der Waals surface area contributed by atoms with Gasteiger partial charge in [0.2, 0.25) is 0 Å². The van der Waals surface area contributed by atoms with E-state index in [-0.39, 0.29) is 41.9 Å². The first-order chi connectivity index (χ1) is 21.9. The van der Waals surface area contributed by atoms with Gasteiger partial charge in [0.1, 0.15) is 24.2 Å². The molecule has 4 rings (SSSR count). The van der Waals surface area contributed by atoms with Gasteiger partial charge in [-0.3, -0.25) is 19.2 Å². The number of benzene rings is 2. The summed E-state index contributed by atoms with van der Waals surface area (Å²) in [5.41, 5.74) is 1.52. The maximum Gasteiger partial charge on any atom is 0.408 e. The number of amides is 2. The quantitative estimate of drug-likeness (QED) is 0.156. The lowest BCUT2D eigenvalue weighted by Gasteiger charge is -2.34. The zero-order chi connectivity index (χ0) is 33.4. The third kappa shape index (κ3) is 9.29. The van der Waals surface area contributed by atoms with E-state index in [1.807, 2.05) is 0 Å². The second-order valence-corrected chi connectivity index (χ2v) is 10.9. The van der Waals surface area contributed by atoms with E-state index >= 15 is 0 Å². The van der Waals surface area contributed by atoms with E-state index in [1.165, 1.54) is 31.4 Å². The van der Waals surface area contributed by atoms with Gasteiger partial charge in [-0.15, -0.1) is 6.42 Å². The van der Waals surface area contributed by atoms with Crippen LogP contribution >= 0.6 is 0 Å². The third-order valence-corrected chi connectivity index (χ3v) is 7.35. The highest BCUT2D eigenvalue weighted by molar-refractivity contribution is 6.07. The number of aryl methyl sites for hydroxylation is 2. The largest absolute Gasteiger partial charge is 0.484 e. The number of alkyl halides is 3. The number of anilines is 1. The van der Waals surface area contributed by atoms with Crippen LogP contribution in [0, 0.1) is 32.0 Å². The Labute approximate surface area is 264 Å². The SMILES string of the molecule is C#C[C@@H]1CN(C[C@@H](Oc2cc(C)c(C(=O)Nc3ccn(CC(F)(F)F)n3)cc2C(=O)NCCOC)c2ccc(C)c(F)c2)CCN1. The number of nitrogens with zero attached hydrogens (tertiary/aromatic N) is 3. The Morgan fingerprint density at radius 1 is 1.15 bits per heavy atom. The standard InChI is InChI=1S/C32H36F4N6O4/c1-5-23-17-41(12-9-37-23)18-28(22-7-6-20(2)26(33)15-22)46-27-14-21(3)24(16-25(27)30(43)38-10-13-45-4)31(44)39-29-8-11-42(40-29)19-32(34,35)36/h1,6-8,11,14-16,23,28,37H,9-10,12-13,17-19H2,2-4H3,(H,38,43)(H,39,40,44)/t23-,28-/m1/s1. The summed E-state index contributed by atoms with van der Waals surface area (Å²) in [6, 6.07) is 8.74. The molecule has 10 nitrogen and oxygen atoms in total. The van der Waals surface area contributed by atoms with Gasteiger partial charge < -0.3 is 25.4 Å². The van der Waals surface area contributed by atoms with Crippen molar-refractivity contribution in [2.75, 3.05) is 51.8 Å². The number of terminal acetylenes is 1. The molecule has 2 atom stereocenters. The van der Waals surface area contributed by atoms with E-state index in [9.17, 15) is 27.2 Å². The smallest absolute Gasteiger partial charge is 0.408 e. The molecule has 2 aromatic carbocycles. The minimum absolute atomic E-state index is 0.0221. The number of aromatic nitrogens is 2. The van der Waals surface area contributed by atoms with E-state index in [2.05, 4.69) is 31.9 Å². The van der Waals surface area contributed by atoms with Crippen molar-refractivity contribution in [3.05, 3.63) is 76.2 Å². The lowest BCUT2D eigenvalue weighted by molar-refractivity contribution is -0.142. The molecule has 1 saturated heterocycles. The van der Waals surface area contributed by atoms with Crippen LogP contribution in [-0.2, 0) is 11.3 Å². The first-order valence-electron chi connectivity index (χ1n) is 14.5. The molecule has 0 bridgehead atoms. The van der Waals surface area contributed by atoms with Gasteiger partial charge in [0.25, 0.3) is 11.8 Å². The highest BCUT2D eigenvalue weighted by Crippen LogP contribution is 2.31. The Morgan fingerprint density at radius 3 is 2.63 bits per heavy atom. The summed E-state index contributed by atoms with van der Waals surface area (Å²) in [6.45, 7) is 4.53. The van der Waals surface area contributed by atoms with Crippen molar-refractivity contribution in [3.8, 4) is 18.1 Å². The minimum Gasteiger partial charge on any atom is -0.484 e. The number of ether oxygens (including phenoxy) is 2. The molecule has 0 saturated carbocycles. The maximum atomic E-state index is 14.7. The van der Waals surface area contributed by atoms with E-state index in [0.717, 1.165) is 6.20 Å². The van der Waals surface area contributed by atoms with E-state index < -0.39 is 36.5 Å². The molecule has 1 aromatic heterocycles. The molecular formula is C32H36F4N6O4. The van der Waals surface area contributed by atoms with Crippen molar-refractivity contribution in [2.45, 2.75) is 38.7 Å². The molecular weight excluding hydrogens is 608 g/mol. The number of hydrogen-bond donors (Lipinski definition) is 3. The minimum atomic E-state index is -4.49. The van der Waals surface area contributed by atoms with Gasteiger partial charge in [0, 0.05) is 57.7 Å². The van der Waals surface area contributed by atoms with Crippen LogP contribution in [0.3, 0.4) is 0 Å². The molecule has 0 spiro atoms. The molecule has 246 valence electrons. The summed E-state index contributed by atoms with van der Waals surface area (Å²) in [5, 5.41) is 12.2. The van der Waals surface area contributed by atoms with Crippen LogP contribution in [0.25, 0.3) is 0 Å². The maximum absolute atomic E-state index is 14.7. The highest BCUT2D eigenvalue weighted by atomic mass is 19.4. The summed E-state index contributed by atoms with van der Waals surface area (Å²) in [6.07, 6.45) is 1.53. The Morgan fingerprint density at radius 2 is 1.93 bits per heavy atom. The van der Waals surface area contributed by atoms with Gasteiger partial charge in [-0.25, -0.2) is 4.39 Å². The molecule has 2 heterocycles. The average molecular weight is 645 g/mol. The summed E-state index contributed by atoms with van der Waals surface area (Å²) < 4.78 is 65.2. The van der Waals surface area contributed by atoms with Crippen LogP contribution < -0.4 is 20.7 Å². The fraction of sp³-hybridized carbons (Fsp3) is 0.406. The highest BCUT2D eigenvalue weighted by Gasteiger charge is 2.29. The molecule has 14 heteroatoms. The summed E-state index contributed by atoms with van der Waals surface area (Å²) >= 11 is 0. The molecule has 0 aliphatic carbocycles. The number of methoxy groups -OCH3 is 1.